The van der Waals surface area contributed by atoms with Gasteiger partial charge >= 0.3 is 0 Å². The van der Waals surface area contributed by atoms with E-state index in [0.717, 1.165) is 10.4 Å². The van der Waals surface area contributed by atoms with Crippen molar-refractivity contribution < 1.29 is 4.42 Å². The highest BCUT2D eigenvalue weighted by atomic mass is 35.5. The van der Waals surface area contributed by atoms with Gasteiger partial charge in [0, 0.05) is 16.7 Å². The molecule has 3 heterocycles. The number of benzene rings is 1. The second kappa shape index (κ2) is 5.08. The van der Waals surface area contributed by atoms with Crippen molar-refractivity contribution in [3.05, 3.63) is 64.1 Å². The van der Waals surface area contributed by atoms with Gasteiger partial charge < -0.3 is 4.42 Å². The summed E-state index contributed by atoms with van der Waals surface area (Å²) >= 11 is 7.23. The van der Waals surface area contributed by atoms with Crippen molar-refractivity contribution in [1.29, 1.82) is 0 Å². The molecule has 0 aliphatic rings. The molecule has 1 aromatic carbocycles. The van der Waals surface area contributed by atoms with Crippen LogP contribution in [-0.4, -0.2) is 14.6 Å². The minimum atomic E-state index is -0.199. The number of furan rings is 1. The van der Waals surface area contributed by atoms with E-state index in [1.165, 1.54) is 21.8 Å². The number of rotatable bonds is 2. The normalized spacial score (nSPS) is 11.1. The maximum absolute atomic E-state index is 12.4. The molecule has 0 fully saturated rings. The molecule has 0 amide bonds. The maximum Gasteiger partial charge on any atom is 0.260 e. The van der Waals surface area contributed by atoms with Crippen LogP contribution in [0.5, 0.6) is 0 Å². The Morgan fingerprint density at radius 1 is 1.14 bits per heavy atom. The van der Waals surface area contributed by atoms with Gasteiger partial charge in [0.15, 0.2) is 5.82 Å². The minimum absolute atomic E-state index is 0.199. The molecule has 0 saturated heterocycles. The SMILES string of the molecule is O=c1cc(-c2ccco2)sc2nnc(-c3ccc(Cl)cc3)n12. The van der Waals surface area contributed by atoms with Gasteiger partial charge in [-0.3, -0.25) is 4.79 Å². The van der Waals surface area contributed by atoms with Crippen LogP contribution in [0.15, 0.2) is 57.9 Å². The summed E-state index contributed by atoms with van der Waals surface area (Å²) in [6.07, 6.45) is 1.57. The Kier molecular flexibility index (Phi) is 3.06. The largest absolute Gasteiger partial charge is 0.464 e. The molecule has 7 heteroatoms. The van der Waals surface area contributed by atoms with Gasteiger partial charge in [-0.05, 0) is 36.4 Å². The fourth-order valence-electron chi connectivity index (χ4n) is 2.17. The molecular formula is C15H8ClN3O2S. The summed E-state index contributed by atoms with van der Waals surface area (Å²) in [5.41, 5.74) is 0.585. The third-order valence-electron chi connectivity index (χ3n) is 3.18. The maximum atomic E-state index is 12.4. The summed E-state index contributed by atoms with van der Waals surface area (Å²) in [4.78, 5) is 13.7. The smallest absolute Gasteiger partial charge is 0.260 e. The van der Waals surface area contributed by atoms with Crippen molar-refractivity contribution >= 4 is 27.9 Å². The van der Waals surface area contributed by atoms with Crippen molar-refractivity contribution in [2.24, 2.45) is 0 Å². The number of aromatic nitrogens is 3. The minimum Gasteiger partial charge on any atom is -0.464 e. The molecule has 5 nitrogen and oxygen atoms in total. The van der Waals surface area contributed by atoms with E-state index in [0.29, 0.717) is 21.6 Å². The van der Waals surface area contributed by atoms with Gasteiger partial charge in [0.05, 0.1) is 11.1 Å². The van der Waals surface area contributed by atoms with Crippen molar-refractivity contribution in [2.75, 3.05) is 0 Å². The Morgan fingerprint density at radius 3 is 2.68 bits per heavy atom. The second-order valence-electron chi connectivity index (χ2n) is 4.57. The molecule has 0 unspecified atom stereocenters. The molecule has 0 radical (unpaired) electrons. The number of nitrogens with zero attached hydrogens (tertiary/aromatic N) is 3. The highest BCUT2D eigenvalue weighted by molar-refractivity contribution is 7.19. The van der Waals surface area contributed by atoms with E-state index in [1.807, 2.05) is 12.1 Å². The average Bonchev–Trinajstić information content (AvgIpc) is 3.17. The van der Waals surface area contributed by atoms with E-state index < -0.39 is 0 Å². The molecule has 0 aliphatic heterocycles. The van der Waals surface area contributed by atoms with Gasteiger partial charge in [-0.25, -0.2) is 4.40 Å². The van der Waals surface area contributed by atoms with Crippen LogP contribution in [0.4, 0.5) is 0 Å². The standard InChI is InChI=1S/C15H8ClN3O2S/c16-10-5-3-9(4-6-10)14-17-18-15-19(14)13(20)8-12(22-15)11-2-1-7-21-11/h1-8H. The quantitative estimate of drug-likeness (QED) is 0.562. The lowest BCUT2D eigenvalue weighted by Crippen LogP contribution is -2.11. The van der Waals surface area contributed by atoms with E-state index in [2.05, 4.69) is 10.2 Å². The van der Waals surface area contributed by atoms with E-state index >= 15 is 0 Å². The van der Waals surface area contributed by atoms with Crippen LogP contribution >= 0.6 is 22.9 Å². The summed E-state index contributed by atoms with van der Waals surface area (Å²) in [7, 11) is 0. The molecule has 0 aliphatic carbocycles. The van der Waals surface area contributed by atoms with Gasteiger partial charge in [0.1, 0.15) is 5.76 Å². The molecule has 0 atom stereocenters. The lowest BCUT2D eigenvalue weighted by Gasteiger charge is -2.00. The Morgan fingerprint density at radius 2 is 1.95 bits per heavy atom. The van der Waals surface area contributed by atoms with Crippen molar-refractivity contribution in [2.45, 2.75) is 0 Å². The lowest BCUT2D eigenvalue weighted by molar-refractivity contribution is 0.583. The number of fused-ring (bicyclic) bond motifs is 1. The Bertz CT molecular complexity index is 1000. The predicted octanol–water partition coefficient (Wildman–Crippen LogP) is 3.73. The fraction of sp³-hybridized carbons (Fsp3) is 0. The third kappa shape index (κ3) is 2.13. The van der Waals surface area contributed by atoms with Crippen LogP contribution in [-0.2, 0) is 0 Å². The number of hydrogen-bond acceptors (Lipinski definition) is 5. The highest BCUT2D eigenvalue weighted by Gasteiger charge is 2.14. The predicted molar refractivity (Wildman–Crippen MR) is 85.3 cm³/mol. The first-order valence-electron chi connectivity index (χ1n) is 6.41. The van der Waals surface area contributed by atoms with Crippen LogP contribution in [0.2, 0.25) is 5.02 Å². The van der Waals surface area contributed by atoms with Gasteiger partial charge in [-0.2, -0.15) is 0 Å². The van der Waals surface area contributed by atoms with Crippen LogP contribution < -0.4 is 5.56 Å². The molecule has 0 spiro atoms. The molecule has 108 valence electrons. The molecule has 4 rings (SSSR count). The molecule has 4 aromatic rings. The van der Waals surface area contributed by atoms with Crippen LogP contribution in [0.3, 0.4) is 0 Å². The summed E-state index contributed by atoms with van der Waals surface area (Å²) < 4.78 is 6.81. The Labute approximate surface area is 133 Å². The zero-order valence-electron chi connectivity index (χ0n) is 11.1. The molecule has 0 saturated carbocycles. The zero-order valence-corrected chi connectivity index (χ0v) is 12.6. The first-order chi connectivity index (χ1) is 10.7. The van der Waals surface area contributed by atoms with Crippen molar-refractivity contribution in [1.82, 2.24) is 14.6 Å². The van der Waals surface area contributed by atoms with Crippen LogP contribution in [0.25, 0.3) is 27.0 Å². The monoisotopic (exact) mass is 329 g/mol. The Hall–Kier alpha value is -2.44. The van der Waals surface area contributed by atoms with E-state index in [1.54, 1.807) is 30.5 Å². The second-order valence-corrected chi connectivity index (χ2v) is 6.02. The Balaban J connectivity index is 1.93. The summed E-state index contributed by atoms with van der Waals surface area (Å²) in [6.45, 7) is 0. The first kappa shape index (κ1) is 13.2. The van der Waals surface area contributed by atoms with Crippen molar-refractivity contribution in [3.63, 3.8) is 0 Å². The fourth-order valence-corrected chi connectivity index (χ4v) is 3.21. The number of hydrogen-bond donors (Lipinski definition) is 0. The van der Waals surface area contributed by atoms with Gasteiger partial charge in [-0.1, -0.05) is 22.9 Å². The first-order valence-corrected chi connectivity index (χ1v) is 7.61. The lowest BCUT2D eigenvalue weighted by atomic mass is 10.2. The molecule has 0 N–H and O–H groups in total. The van der Waals surface area contributed by atoms with Crippen LogP contribution in [0.1, 0.15) is 0 Å². The zero-order chi connectivity index (χ0) is 15.1. The van der Waals surface area contributed by atoms with E-state index in [4.69, 9.17) is 16.0 Å². The topological polar surface area (TPSA) is 60.4 Å². The van der Waals surface area contributed by atoms with Crippen molar-refractivity contribution in [3.8, 4) is 22.0 Å². The van der Waals surface area contributed by atoms with E-state index in [-0.39, 0.29) is 5.56 Å². The highest BCUT2D eigenvalue weighted by Crippen LogP contribution is 2.27. The van der Waals surface area contributed by atoms with Gasteiger partial charge in [0.2, 0.25) is 4.96 Å². The van der Waals surface area contributed by atoms with Gasteiger partial charge in [0.25, 0.3) is 5.56 Å². The molecule has 22 heavy (non-hydrogen) atoms. The molecular weight excluding hydrogens is 322 g/mol. The summed E-state index contributed by atoms with van der Waals surface area (Å²) in [5.74, 6) is 1.14. The average molecular weight is 330 g/mol. The summed E-state index contributed by atoms with van der Waals surface area (Å²) in [5, 5.41) is 8.86. The van der Waals surface area contributed by atoms with Gasteiger partial charge in [-0.15, -0.1) is 10.2 Å². The molecule has 3 aromatic heterocycles. The van der Waals surface area contributed by atoms with Crippen LogP contribution in [0, 0.1) is 0 Å². The van der Waals surface area contributed by atoms with E-state index in [9.17, 15) is 4.79 Å². The third-order valence-corrected chi connectivity index (χ3v) is 4.41. The number of halogens is 1. The summed E-state index contributed by atoms with van der Waals surface area (Å²) in [6, 6.07) is 12.2. The molecule has 0 bridgehead atoms.